The van der Waals surface area contributed by atoms with Crippen molar-refractivity contribution in [3.05, 3.63) is 24.4 Å². The van der Waals surface area contributed by atoms with Crippen molar-refractivity contribution < 1.29 is 19.2 Å². The van der Waals surface area contributed by atoms with Gasteiger partial charge in [0.2, 0.25) is 5.88 Å². The minimum absolute atomic E-state index is 0.200. The van der Waals surface area contributed by atoms with Gasteiger partial charge in [0.15, 0.2) is 6.23 Å². The van der Waals surface area contributed by atoms with Crippen LogP contribution in [0.3, 0.4) is 0 Å². The Labute approximate surface area is 123 Å². The van der Waals surface area contributed by atoms with E-state index in [0.717, 1.165) is 0 Å². The van der Waals surface area contributed by atoms with Crippen molar-refractivity contribution in [2.24, 2.45) is 0 Å². The average molecular weight is 295 g/mol. The summed E-state index contributed by atoms with van der Waals surface area (Å²) in [4.78, 5) is 14.9. The summed E-state index contributed by atoms with van der Waals surface area (Å²) < 4.78 is 10.5. The lowest BCUT2D eigenvalue weighted by Gasteiger charge is -2.19. The van der Waals surface area contributed by atoms with E-state index in [2.05, 4.69) is 11.7 Å². The second-order valence-corrected chi connectivity index (χ2v) is 5.53. The Morgan fingerprint density at radius 1 is 1.62 bits per heavy atom. The fourth-order valence-electron chi connectivity index (χ4n) is 2.24. The molecule has 0 aromatic carbocycles. The van der Waals surface area contributed by atoms with Crippen molar-refractivity contribution in [2.45, 2.75) is 38.1 Å². The molecule has 1 fully saturated rings. The Balaban J connectivity index is 2.30. The second kappa shape index (κ2) is 5.50. The van der Waals surface area contributed by atoms with Gasteiger partial charge in [0, 0.05) is 20.2 Å². The molecule has 1 N–H and O–H groups in total. The van der Waals surface area contributed by atoms with Crippen molar-refractivity contribution in [2.75, 3.05) is 19.1 Å². The van der Waals surface area contributed by atoms with Crippen LogP contribution in [0.1, 0.15) is 26.0 Å². The number of urea groups is 1. The molecule has 7 nitrogen and oxygen atoms in total. The summed E-state index contributed by atoms with van der Waals surface area (Å²) in [6, 6.07) is 0.903. The zero-order chi connectivity index (χ0) is 15.8. The third kappa shape index (κ3) is 2.54. The van der Waals surface area contributed by atoms with Gasteiger partial charge < -0.3 is 19.3 Å². The molecule has 1 aromatic heterocycles. The lowest BCUT2D eigenvalue weighted by atomic mass is 10.1. The van der Waals surface area contributed by atoms with Crippen LogP contribution in [0.15, 0.2) is 23.2 Å². The van der Waals surface area contributed by atoms with Gasteiger partial charge in [0.05, 0.1) is 6.04 Å². The van der Waals surface area contributed by atoms with Crippen LogP contribution in [-0.4, -0.2) is 47.6 Å². The molecule has 1 aromatic rings. The van der Waals surface area contributed by atoms with Gasteiger partial charge in [-0.3, -0.25) is 0 Å². The van der Waals surface area contributed by atoms with E-state index in [1.807, 2.05) is 13.8 Å². The Bertz CT molecular complexity index is 540. The van der Waals surface area contributed by atoms with Crippen LogP contribution in [-0.2, 0) is 10.3 Å². The number of hydrogen-bond donors (Lipinski definition) is 1. The second-order valence-electron chi connectivity index (χ2n) is 5.53. The SMILES string of the molecule is C=CCC1C(O)N(c2cc(C(C)(C)OC)no2)C(=O)N1C. The normalized spacial score (nSPS) is 23.0. The highest BCUT2D eigenvalue weighted by Gasteiger charge is 2.45. The molecule has 2 unspecified atom stereocenters. The monoisotopic (exact) mass is 295 g/mol. The third-order valence-corrected chi connectivity index (χ3v) is 3.88. The molecule has 2 rings (SSSR count). The first-order valence-corrected chi connectivity index (χ1v) is 6.70. The Kier molecular flexibility index (Phi) is 4.06. The van der Waals surface area contributed by atoms with Gasteiger partial charge >= 0.3 is 6.03 Å². The van der Waals surface area contributed by atoms with Gasteiger partial charge in [-0.05, 0) is 20.3 Å². The van der Waals surface area contributed by atoms with Crippen molar-refractivity contribution in [1.29, 1.82) is 0 Å². The predicted octanol–water partition coefficient (Wildman–Crippen LogP) is 1.69. The standard InChI is InChI=1S/C14H21N3O4/c1-6-7-9-12(18)17(13(19)16(9)4)11-8-10(15-21-11)14(2,3)20-5/h6,8-9,12,18H,1,7H2,2-5H3. The molecule has 0 radical (unpaired) electrons. The highest BCUT2D eigenvalue weighted by molar-refractivity contribution is 5.93. The zero-order valence-electron chi connectivity index (χ0n) is 12.7. The average Bonchev–Trinajstić information content (AvgIpc) is 3.00. The molecule has 0 aliphatic carbocycles. The van der Waals surface area contributed by atoms with E-state index in [9.17, 15) is 9.90 Å². The molecule has 1 saturated heterocycles. The fraction of sp³-hybridized carbons (Fsp3) is 0.571. The van der Waals surface area contributed by atoms with Gasteiger partial charge in [0.25, 0.3) is 0 Å². The lowest BCUT2D eigenvalue weighted by molar-refractivity contribution is 0.0130. The molecule has 2 amide bonds. The molecule has 0 saturated carbocycles. The predicted molar refractivity (Wildman–Crippen MR) is 76.8 cm³/mol. The number of methoxy groups -OCH3 is 1. The van der Waals surface area contributed by atoms with Crippen molar-refractivity contribution in [1.82, 2.24) is 10.1 Å². The first kappa shape index (κ1) is 15.5. The Morgan fingerprint density at radius 2 is 2.29 bits per heavy atom. The minimum atomic E-state index is -1.01. The van der Waals surface area contributed by atoms with Crippen molar-refractivity contribution in [3.63, 3.8) is 0 Å². The molecule has 2 atom stereocenters. The van der Waals surface area contributed by atoms with Gasteiger partial charge in [-0.25, -0.2) is 9.69 Å². The fourth-order valence-corrected chi connectivity index (χ4v) is 2.24. The van der Waals surface area contributed by atoms with Gasteiger partial charge in [-0.2, -0.15) is 0 Å². The molecule has 7 heteroatoms. The number of nitrogens with zero attached hydrogens (tertiary/aromatic N) is 3. The Morgan fingerprint density at radius 3 is 2.86 bits per heavy atom. The number of carbonyl (C=O) groups excluding carboxylic acids is 1. The topological polar surface area (TPSA) is 79.0 Å². The third-order valence-electron chi connectivity index (χ3n) is 3.88. The number of hydrogen-bond acceptors (Lipinski definition) is 5. The summed E-state index contributed by atoms with van der Waals surface area (Å²) in [6.45, 7) is 7.32. The number of anilines is 1. The molecule has 21 heavy (non-hydrogen) atoms. The van der Waals surface area contributed by atoms with Gasteiger partial charge in [-0.15, -0.1) is 6.58 Å². The van der Waals surface area contributed by atoms with E-state index >= 15 is 0 Å². The van der Waals surface area contributed by atoms with E-state index < -0.39 is 11.8 Å². The van der Waals surface area contributed by atoms with Crippen molar-refractivity contribution >= 4 is 11.9 Å². The molecule has 116 valence electrons. The van der Waals surface area contributed by atoms with Crippen LogP contribution in [0.4, 0.5) is 10.7 Å². The van der Waals surface area contributed by atoms with E-state index in [1.54, 1.807) is 26.3 Å². The molecule has 1 aliphatic heterocycles. The van der Waals surface area contributed by atoms with Crippen LogP contribution in [0.2, 0.25) is 0 Å². The summed E-state index contributed by atoms with van der Waals surface area (Å²) >= 11 is 0. The summed E-state index contributed by atoms with van der Waals surface area (Å²) in [6.07, 6.45) is 1.15. The molecular formula is C14H21N3O4. The quantitative estimate of drug-likeness (QED) is 0.836. The van der Waals surface area contributed by atoms with E-state index in [0.29, 0.717) is 12.1 Å². The maximum absolute atomic E-state index is 12.3. The minimum Gasteiger partial charge on any atom is -0.372 e. The molecule has 0 spiro atoms. The molecule has 0 bridgehead atoms. The number of amides is 2. The van der Waals surface area contributed by atoms with Crippen LogP contribution in [0.5, 0.6) is 0 Å². The van der Waals surface area contributed by atoms with E-state index in [-0.39, 0.29) is 18.0 Å². The number of aliphatic hydroxyl groups is 1. The summed E-state index contributed by atoms with van der Waals surface area (Å²) in [7, 11) is 3.20. The highest BCUT2D eigenvalue weighted by Crippen LogP contribution is 2.32. The summed E-state index contributed by atoms with van der Waals surface area (Å²) in [5, 5.41) is 14.3. The van der Waals surface area contributed by atoms with E-state index in [1.165, 1.54) is 9.80 Å². The first-order chi connectivity index (χ1) is 9.83. The molecule has 2 heterocycles. The number of aliphatic hydroxyl groups excluding tert-OH is 1. The lowest BCUT2D eigenvalue weighted by Crippen LogP contribution is -2.36. The molecule has 1 aliphatic rings. The van der Waals surface area contributed by atoms with Crippen molar-refractivity contribution in [3.8, 4) is 0 Å². The maximum atomic E-state index is 12.3. The molecular weight excluding hydrogens is 274 g/mol. The largest absolute Gasteiger partial charge is 0.372 e. The number of likely N-dealkylation sites (N-methyl/N-ethyl adjacent to an activating group) is 1. The number of carbonyl (C=O) groups is 1. The van der Waals surface area contributed by atoms with Crippen LogP contribution in [0, 0.1) is 0 Å². The van der Waals surface area contributed by atoms with E-state index in [4.69, 9.17) is 9.26 Å². The number of aromatic nitrogens is 1. The van der Waals surface area contributed by atoms with Crippen LogP contribution >= 0.6 is 0 Å². The smallest absolute Gasteiger partial charge is 0.329 e. The van der Waals surface area contributed by atoms with Gasteiger partial charge in [-0.1, -0.05) is 11.2 Å². The summed E-state index contributed by atoms with van der Waals surface area (Å²) in [5.41, 5.74) is -0.0862. The van der Waals surface area contributed by atoms with Gasteiger partial charge in [0.1, 0.15) is 11.3 Å². The highest BCUT2D eigenvalue weighted by atomic mass is 16.5. The van der Waals surface area contributed by atoms with Crippen LogP contribution < -0.4 is 4.90 Å². The van der Waals surface area contributed by atoms with Crippen LogP contribution in [0.25, 0.3) is 0 Å². The first-order valence-electron chi connectivity index (χ1n) is 6.70. The number of ether oxygens (including phenoxy) is 1. The maximum Gasteiger partial charge on any atom is 0.329 e. The zero-order valence-corrected chi connectivity index (χ0v) is 12.7. The number of rotatable bonds is 5. The summed E-state index contributed by atoms with van der Waals surface area (Å²) in [5.74, 6) is 0.200. The Hall–Kier alpha value is -1.86.